The fraction of sp³-hybridized carbons (Fsp3) is 0.467. The van der Waals surface area contributed by atoms with Gasteiger partial charge in [0.05, 0.1) is 11.0 Å². The van der Waals surface area contributed by atoms with E-state index < -0.39 is 0 Å². The summed E-state index contributed by atoms with van der Waals surface area (Å²) in [6.07, 6.45) is 1.40. The molecule has 1 amide bonds. The Morgan fingerprint density at radius 2 is 2.10 bits per heavy atom. The number of benzene rings is 1. The third kappa shape index (κ3) is 2.99. The normalized spacial score (nSPS) is 10.9. The van der Waals surface area contributed by atoms with E-state index in [0.29, 0.717) is 31.5 Å². The number of nitrogens with one attached hydrogen (secondary N) is 1. The molecule has 0 aliphatic heterocycles. The van der Waals surface area contributed by atoms with Gasteiger partial charge in [0.25, 0.3) is 5.91 Å². The predicted molar refractivity (Wildman–Crippen MR) is 78.8 cm³/mol. The zero-order chi connectivity index (χ0) is 14.5. The van der Waals surface area contributed by atoms with Crippen LogP contribution in [0.1, 0.15) is 36.5 Å². The molecule has 2 aromatic rings. The van der Waals surface area contributed by atoms with Crippen LogP contribution in [0.2, 0.25) is 0 Å². The maximum atomic E-state index is 12.3. The molecule has 0 spiro atoms. The quantitative estimate of drug-likeness (QED) is 0.847. The molecule has 0 aliphatic carbocycles. The minimum absolute atomic E-state index is 0.0448. The van der Waals surface area contributed by atoms with Gasteiger partial charge in [0, 0.05) is 31.7 Å². The lowest BCUT2D eigenvalue weighted by molar-refractivity contribution is 0.0773. The van der Waals surface area contributed by atoms with Gasteiger partial charge in [0.2, 0.25) is 0 Å². The summed E-state index contributed by atoms with van der Waals surface area (Å²) in [5.74, 6) is 0.893. The van der Waals surface area contributed by atoms with E-state index in [-0.39, 0.29) is 12.5 Å². The second-order valence-electron chi connectivity index (χ2n) is 4.72. The lowest BCUT2D eigenvalue weighted by atomic mass is 10.1. The fourth-order valence-electron chi connectivity index (χ4n) is 2.25. The van der Waals surface area contributed by atoms with Gasteiger partial charge in [0.1, 0.15) is 5.82 Å². The number of H-pyrrole nitrogens is 1. The average Bonchev–Trinajstić information content (AvgIpc) is 2.87. The Kier molecular flexibility index (Phi) is 4.74. The van der Waals surface area contributed by atoms with Gasteiger partial charge in [-0.05, 0) is 38.5 Å². The lowest BCUT2D eigenvalue weighted by Crippen LogP contribution is -2.30. The SMILES string of the molecule is CCN(CC)C(=O)c1ccc2nc(CCCO)[nH]c2c1. The Labute approximate surface area is 118 Å². The highest BCUT2D eigenvalue weighted by Crippen LogP contribution is 2.16. The van der Waals surface area contributed by atoms with Crippen molar-refractivity contribution in [1.82, 2.24) is 14.9 Å². The van der Waals surface area contributed by atoms with Gasteiger partial charge in [-0.3, -0.25) is 4.79 Å². The number of imidazole rings is 1. The number of fused-ring (bicyclic) bond motifs is 1. The minimum Gasteiger partial charge on any atom is -0.396 e. The van der Waals surface area contributed by atoms with Gasteiger partial charge in [-0.25, -0.2) is 4.98 Å². The van der Waals surface area contributed by atoms with Crippen LogP contribution in [0.4, 0.5) is 0 Å². The number of nitrogens with zero attached hydrogens (tertiary/aromatic N) is 2. The molecule has 5 heteroatoms. The Hall–Kier alpha value is -1.88. The summed E-state index contributed by atoms with van der Waals surface area (Å²) in [4.78, 5) is 21.7. The van der Waals surface area contributed by atoms with Crippen LogP contribution >= 0.6 is 0 Å². The largest absolute Gasteiger partial charge is 0.396 e. The average molecular weight is 275 g/mol. The zero-order valence-electron chi connectivity index (χ0n) is 12.0. The molecule has 0 saturated heterocycles. The molecule has 1 aromatic heterocycles. The van der Waals surface area contributed by atoms with Crippen molar-refractivity contribution in [1.29, 1.82) is 0 Å². The summed E-state index contributed by atoms with van der Waals surface area (Å²) in [6.45, 7) is 5.52. The summed E-state index contributed by atoms with van der Waals surface area (Å²) >= 11 is 0. The summed E-state index contributed by atoms with van der Waals surface area (Å²) in [5, 5.41) is 8.84. The molecular formula is C15H21N3O2. The fourth-order valence-corrected chi connectivity index (χ4v) is 2.25. The van der Waals surface area contributed by atoms with E-state index in [9.17, 15) is 4.79 Å². The van der Waals surface area contributed by atoms with Gasteiger partial charge in [0.15, 0.2) is 0 Å². The number of aromatic amines is 1. The first-order valence-corrected chi connectivity index (χ1v) is 7.08. The van der Waals surface area contributed by atoms with Crippen LogP contribution in [0.25, 0.3) is 11.0 Å². The molecule has 5 nitrogen and oxygen atoms in total. The van der Waals surface area contributed by atoms with Crippen LogP contribution in [0.5, 0.6) is 0 Å². The molecule has 0 saturated carbocycles. The molecule has 1 aromatic carbocycles. The van der Waals surface area contributed by atoms with Crippen LogP contribution in [0, 0.1) is 0 Å². The van der Waals surface area contributed by atoms with E-state index >= 15 is 0 Å². The van der Waals surface area contributed by atoms with Crippen molar-refractivity contribution in [3.8, 4) is 0 Å². The number of amides is 1. The highest BCUT2D eigenvalue weighted by atomic mass is 16.2. The summed E-state index contributed by atoms with van der Waals surface area (Å²) in [6, 6.07) is 5.54. The number of aliphatic hydroxyl groups is 1. The standard InChI is InChI=1S/C15H21N3O2/c1-3-18(4-2)15(20)11-7-8-12-13(10-11)17-14(16-12)6-5-9-19/h7-8,10,19H,3-6,9H2,1-2H3,(H,16,17). The number of rotatable bonds is 6. The third-order valence-corrected chi connectivity index (χ3v) is 3.40. The molecule has 0 radical (unpaired) electrons. The first-order valence-electron chi connectivity index (χ1n) is 7.08. The first kappa shape index (κ1) is 14.5. The number of aromatic nitrogens is 2. The van der Waals surface area contributed by atoms with Crippen molar-refractivity contribution < 1.29 is 9.90 Å². The number of aryl methyl sites for hydroxylation is 1. The molecule has 2 N–H and O–H groups in total. The molecule has 0 bridgehead atoms. The van der Waals surface area contributed by atoms with E-state index in [1.54, 1.807) is 4.90 Å². The zero-order valence-corrected chi connectivity index (χ0v) is 12.0. The second kappa shape index (κ2) is 6.52. The van der Waals surface area contributed by atoms with Crippen LogP contribution in [0.3, 0.4) is 0 Å². The number of carbonyl (C=O) groups excluding carboxylic acids is 1. The topological polar surface area (TPSA) is 69.2 Å². The molecule has 0 unspecified atom stereocenters. The summed E-state index contributed by atoms with van der Waals surface area (Å²) in [5.41, 5.74) is 2.41. The van der Waals surface area contributed by atoms with Gasteiger partial charge in [-0.1, -0.05) is 0 Å². The summed E-state index contributed by atoms with van der Waals surface area (Å²) < 4.78 is 0. The van der Waals surface area contributed by atoms with Crippen molar-refractivity contribution in [2.75, 3.05) is 19.7 Å². The van der Waals surface area contributed by atoms with E-state index in [2.05, 4.69) is 9.97 Å². The number of hydrogen-bond donors (Lipinski definition) is 2. The summed E-state index contributed by atoms with van der Waals surface area (Å²) in [7, 11) is 0. The Morgan fingerprint density at radius 1 is 1.35 bits per heavy atom. The van der Waals surface area contributed by atoms with E-state index in [0.717, 1.165) is 16.9 Å². The minimum atomic E-state index is 0.0448. The maximum absolute atomic E-state index is 12.3. The number of aliphatic hydroxyl groups excluding tert-OH is 1. The van der Waals surface area contributed by atoms with E-state index in [1.807, 2.05) is 32.0 Å². The monoisotopic (exact) mass is 275 g/mol. The molecule has 2 rings (SSSR count). The molecular weight excluding hydrogens is 254 g/mol. The van der Waals surface area contributed by atoms with Gasteiger partial charge in [-0.2, -0.15) is 0 Å². The van der Waals surface area contributed by atoms with Crippen LogP contribution in [0.15, 0.2) is 18.2 Å². The van der Waals surface area contributed by atoms with Crippen molar-refractivity contribution in [3.05, 3.63) is 29.6 Å². The Balaban J connectivity index is 2.26. The molecule has 0 aliphatic rings. The molecule has 1 heterocycles. The number of hydrogen-bond acceptors (Lipinski definition) is 3. The van der Waals surface area contributed by atoms with Crippen molar-refractivity contribution in [3.63, 3.8) is 0 Å². The van der Waals surface area contributed by atoms with Crippen molar-refractivity contribution in [2.24, 2.45) is 0 Å². The van der Waals surface area contributed by atoms with Gasteiger partial charge >= 0.3 is 0 Å². The number of carbonyl (C=O) groups is 1. The van der Waals surface area contributed by atoms with E-state index in [4.69, 9.17) is 5.11 Å². The van der Waals surface area contributed by atoms with Gasteiger partial charge < -0.3 is 15.0 Å². The van der Waals surface area contributed by atoms with Gasteiger partial charge in [-0.15, -0.1) is 0 Å². The van der Waals surface area contributed by atoms with Crippen molar-refractivity contribution >= 4 is 16.9 Å². The smallest absolute Gasteiger partial charge is 0.253 e. The van der Waals surface area contributed by atoms with E-state index in [1.165, 1.54) is 0 Å². The second-order valence-corrected chi connectivity index (χ2v) is 4.72. The Morgan fingerprint density at radius 3 is 2.75 bits per heavy atom. The Bertz CT molecular complexity index is 588. The van der Waals surface area contributed by atoms with Crippen LogP contribution in [-0.2, 0) is 6.42 Å². The van der Waals surface area contributed by atoms with Crippen molar-refractivity contribution in [2.45, 2.75) is 26.7 Å². The maximum Gasteiger partial charge on any atom is 0.253 e. The highest BCUT2D eigenvalue weighted by molar-refractivity contribution is 5.97. The van der Waals surface area contributed by atoms with Crippen LogP contribution < -0.4 is 0 Å². The predicted octanol–water partition coefficient (Wildman–Crippen LogP) is 1.97. The first-order chi connectivity index (χ1) is 9.69. The highest BCUT2D eigenvalue weighted by Gasteiger charge is 2.13. The molecule has 108 valence electrons. The lowest BCUT2D eigenvalue weighted by Gasteiger charge is -2.18. The third-order valence-electron chi connectivity index (χ3n) is 3.40. The van der Waals surface area contributed by atoms with Crippen LogP contribution in [-0.4, -0.2) is 45.6 Å². The molecule has 0 fully saturated rings. The molecule has 20 heavy (non-hydrogen) atoms. The molecule has 0 atom stereocenters.